The van der Waals surface area contributed by atoms with Gasteiger partial charge in [0.15, 0.2) is 0 Å². The van der Waals surface area contributed by atoms with Crippen molar-refractivity contribution in [1.29, 1.82) is 0 Å². The number of amides is 1. The second-order valence-corrected chi connectivity index (χ2v) is 4.98. The van der Waals surface area contributed by atoms with Crippen LogP contribution in [0.25, 0.3) is 0 Å². The van der Waals surface area contributed by atoms with Gasteiger partial charge in [0.2, 0.25) is 5.91 Å². The lowest BCUT2D eigenvalue weighted by atomic mass is 10.1. The maximum atomic E-state index is 12.1. The first kappa shape index (κ1) is 12.9. The van der Waals surface area contributed by atoms with Gasteiger partial charge in [0.25, 0.3) is 0 Å². The highest BCUT2D eigenvalue weighted by Crippen LogP contribution is 2.20. The summed E-state index contributed by atoms with van der Waals surface area (Å²) in [5, 5.41) is 2.99. The summed E-state index contributed by atoms with van der Waals surface area (Å²) < 4.78 is 0. The lowest BCUT2D eigenvalue weighted by molar-refractivity contribution is -0.122. The van der Waals surface area contributed by atoms with Gasteiger partial charge in [-0.25, -0.2) is 0 Å². The molecule has 1 aliphatic heterocycles. The van der Waals surface area contributed by atoms with E-state index >= 15 is 0 Å². The molecule has 1 aromatic rings. The molecule has 0 aliphatic carbocycles. The van der Waals surface area contributed by atoms with E-state index in [0.29, 0.717) is 6.54 Å². The number of carbonyl (C=O) groups is 1. The average Bonchev–Trinajstić information content (AvgIpc) is 2.48. The van der Waals surface area contributed by atoms with Crippen LogP contribution in [0, 0.1) is 6.92 Å². The standard InChI is InChI=1S/C14H21N3O/c1-10-3-5-12(6-4-10)17-8-7-11(2)16-14(18)13(17)9-15/h3-6,11,13H,7-9,15H2,1-2H3,(H,16,18). The first-order chi connectivity index (χ1) is 8.61. The van der Waals surface area contributed by atoms with Gasteiger partial charge in [-0.1, -0.05) is 17.7 Å². The molecule has 0 bridgehead atoms. The number of nitrogens with two attached hydrogens (primary N) is 1. The van der Waals surface area contributed by atoms with Crippen LogP contribution in [0.3, 0.4) is 0 Å². The number of carbonyl (C=O) groups excluding carboxylic acids is 1. The number of aryl methyl sites for hydroxylation is 1. The van der Waals surface area contributed by atoms with Gasteiger partial charge in [-0.2, -0.15) is 0 Å². The van der Waals surface area contributed by atoms with Crippen molar-refractivity contribution in [2.24, 2.45) is 5.73 Å². The molecule has 1 aliphatic rings. The minimum Gasteiger partial charge on any atom is -0.358 e. The molecule has 0 saturated carbocycles. The number of anilines is 1. The predicted molar refractivity (Wildman–Crippen MR) is 73.6 cm³/mol. The molecular weight excluding hydrogens is 226 g/mol. The molecule has 1 saturated heterocycles. The van der Waals surface area contributed by atoms with Crippen molar-refractivity contribution in [3.8, 4) is 0 Å². The monoisotopic (exact) mass is 247 g/mol. The summed E-state index contributed by atoms with van der Waals surface area (Å²) in [6, 6.07) is 8.19. The van der Waals surface area contributed by atoms with Crippen molar-refractivity contribution >= 4 is 11.6 Å². The van der Waals surface area contributed by atoms with E-state index in [-0.39, 0.29) is 18.0 Å². The predicted octanol–water partition coefficient (Wildman–Crippen LogP) is 1.04. The summed E-state index contributed by atoms with van der Waals surface area (Å²) in [6.45, 7) is 5.28. The molecule has 0 spiro atoms. The van der Waals surface area contributed by atoms with E-state index in [1.165, 1.54) is 5.56 Å². The fourth-order valence-electron chi connectivity index (χ4n) is 2.32. The zero-order valence-corrected chi connectivity index (χ0v) is 11.0. The van der Waals surface area contributed by atoms with Gasteiger partial charge in [0.05, 0.1) is 0 Å². The minimum absolute atomic E-state index is 0.0306. The van der Waals surface area contributed by atoms with E-state index in [2.05, 4.69) is 41.4 Å². The topological polar surface area (TPSA) is 58.4 Å². The van der Waals surface area contributed by atoms with Crippen LogP contribution in [-0.4, -0.2) is 31.1 Å². The van der Waals surface area contributed by atoms with Gasteiger partial charge in [-0.05, 0) is 32.4 Å². The van der Waals surface area contributed by atoms with E-state index in [0.717, 1.165) is 18.7 Å². The quantitative estimate of drug-likeness (QED) is 0.821. The molecular formula is C14H21N3O. The molecule has 2 rings (SSSR count). The summed E-state index contributed by atoms with van der Waals surface area (Å²) in [7, 11) is 0. The fourth-order valence-corrected chi connectivity index (χ4v) is 2.32. The number of hydrogen-bond donors (Lipinski definition) is 2. The number of hydrogen-bond acceptors (Lipinski definition) is 3. The first-order valence-corrected chi connectivity index (χ1v) is 6.45. The van der Waals surface area contributed by atoms with Crippen LogP contribution in [0.2, 0.25) is 0 Å². The molecule has 2 unspecified atom stereocenters. The summed E-state index contributed by atoms with van der Waals surface area (Å²) in [5.41, 5.74) is 8.05. The van der Waals surface area contributed by atoms with Crippen LogP contribution < -0.4 is 16.0 Å². The highest BCUT2D eigenvalue weighted by Gasteiger charge is 2.29. The smallest absolute Gasteiger partial charge is 0.244 e. The van der Waals surface area contributed by atoms with Crippen molar-refractivity contribution in [2.75, 3.05) is 18.0 Å². The second-order valence-electron chi connectivity index (χ2n) is 4.98. The molecule has 1 aromatic carbocycles. The first-order valence-electron chi connectivity index (χ1n) is 6.45. The van der Waals surface area contributed by atoms with Crippen molar-refractivity contribution in [2.45, 2.75) is 32.4 Å². The van der Waals surface area contributed by atoms with Crippen molar-refractivity contribution < 1.29 is 4.79 Å². The molecule has 0 radical (unpaired) electrons. The Morgan fingerprint density at radius 2 is 2.06 bits per heavy atom. The third-order valence-corrected chi connectivity index (χ3v) is 3.46. The summed E-state index contributed by atoms with van der Waals surface area (Å²) >= 11 is 0. The van der Waals surface area contributed by atoms with Crippen molar-refractivity contribution in [3.05, 3.63) is 29.8 Å². The molecule has 0 aromatic heterocycles. The molecule has 4 nitrogen and oxygen atoms in total. The van der Waals surface area contributed by atoms with Gasteiger partial charge in [-0.15, -0.1) is 0 Å². The molecule has 2 atom stereocenters. The Kier molecular flexibility index (Phi) is 3.87. The van der Waals surface area contributed by atoms with E-state index < -0.39 is 0 Å². The van der Waals surface area contributed by atoms with Crippen LogP contribution in [0.1, 0.15) is 18.9 Å². The highest BCUT2D eigenvalue weighted by atomic mass is 16.2. The van der Waals surface area contributed by atoms with Gasteiger partial charge in [-0.3, -0.25) is 4.79 Å². The SMILES string of the molecule is Cc1ccc(N2CCC(C)NC(=O)C2CN)cc1. The summed E-state index contributed by atoms with van der Waals surface area (Å²) in [6.07, 6.45) is 0.941. The third kappa shape index (κ3) is 2.64. The van der Waals surface area contributed by atoms with Gasteiger partial charge >= 0.3 is 0 Å². The average molecular weight is 247 g/mol. The van der Waals surface area contributed by atoms with Gasteiger partial charge in [0, 0.05) is 24.8 Å². The molecule has 1 amide bonds. The lowest BCUT2D eigenvalue weighted by Crippen LogP contribution is -2.49. The number of nitrogens with zero attached hydrogens (tertiary/aromatic N) is 1. The Labute approximate surface area is 108 Å². The molecule has 1 heterocycles. The number of rotatable bonds is 2. The molecule has 98 valence electrons. The normalized spacial score (nSPS) is 24.6. The third-order valence-electron chi connectivity index (χ3n) is 3.46. The molecule has 18 heavy (non-hydrogen) atoms. The fraction of sp³-hybridized carbons (Fsp3) is 0.500. The summed E-state index contributed by atoms with van der Waals surface area (Å²) in [4.78, 5) is 14.2. The number of benzene rings is 1. The maximum absolute atomic E-state index is 12.1. The largest absolute Gasteiger partial charge is 0.358 e. The Hall–Kier alpha value is -1.55. The molecule has 1 fully saturated rings. The van der Waals surface area contributed by atoms with Crippen LogP contribution in [-0.2, 0) is 4.79 Å². The van der Waals surface area contributed by atoms with E-state index in [4.69, 9.17) is 5.73 Å². The van der Waals surface area contributed by atoms with Crippen LogP contribution in [0.4, 0.5) is 5.69 Å². The Morgan fingerprint density at radius 1 is 1.39 bits per heavy atom. The number of nitrogens with one attached hydrogen (secondary N) is 1. The Balaban J connectivity index is 2.27. The van der Waals surface area contributed by atoms with Crippen molar-refractivity contribution in [3.63, 3.8) is 0 Å². The molecule has 4 heteroatoms. The second kappa shape index (κ2) is 5.40. The van der Waals surface area contributed by atoms with E-state index in [1.807, 2.05) is 6.92 Å². The van der Waals surface area contributed by atoms with Crippen LogP contribution in [0.5, 0.6) is 0 Å². The Morgan fingerprint density at radius 3 is 2.67 bits per heavy atom. The van der Waals surface area contributed by atoms with Crippen molar-refractivity contribution in [1.82, 2.24) is 5.32 Å². The minimum atomic E-state index is -0.266. The maximum Gasteiger partial charge on any atom is 0.244 e. The van der Waals surface area contributed by atoms with E-state index in [1.54, 1.807) is 0 Å². The van der Waals surface area contributed by atoms with Gasteiger partial charge < -0.3 is 16.0 Å². The van der Waals surface area contributed by atoms with Gasteiger partial charge in [0.1, 0.15) is 6.04 Å². The van der Waals surface area contributed by atoms with E-state index in [9.17, 15) is 4.79 Å². The Bertz CT molecular complexity index is 416. The highest BCUT2D eigenvalue weighted by molar-refractivity contribution is 5.86. The summed E-state index contributed by atoms with van der Waals surface area (Å²) in [5.74, 6) is 0.0306. The van der Waals surface area contributed by atoms with Crippen LogP contribution in [0.15, 0.2) is 24.3 Å². The lowest BCUT2D eigenvalue weighted by Gasteiger charge is -2.29. The molecule has 3 N–H and O–H groups in total. The zero-order chi connectivity index (χ0) is 13.1. The van der Waals surface area contributed by atoms with Crippen LogP contribution >= 0.6 is 0 Å². The zero-order valence-electron chi connectivity index (χ0n) is 11.0.